The molecule has 2 heterocycles. The van der Waals surface area contributed by atoms with Gasteiger partial charge in [0.2, 0.25) is 6.79 Å². The second-order valence-electron chi connectivity index (χ2n) is 5.81. The fourth-order valence-corrected chi connectivity index (χ4v) is 3.36. The fraction of sp³-hybridized carbons (Fsp3) is 0.375. The average Bonchev–Trinajstić information content (AvgIpc) is 3.11. The Morgan fingerprint density at radius 1 is 1.38 bits per heavy atom. The molecule has 1 unspecified atom stereocenters. The quantitative estimate of drug-likeness (QED) is 0.847. The first-order valence-electron chi connectivity index (χ1n) is 7.60. The number of hydrogen-bond acceptors (Lipinski definition) is 6. The maximum Gasteiger partial charge on any atom is 0.263 e. The van der Waals surface area contributed by atoms with Crippen LogP contribution in [-0.4, -0.2) is 30.3 Å². The number of carbonyl (C=O) groups is 1. The van der Waals surface area contributed by atoms with Gasteiger partial charge >= 0.3 is 0 Å². The lowest BCUT2D eigenvalue weighted by molar-refractivity contribution is 0.0954. The normalized spacial score (nSPS) is 16.4. The number of thiazole rings is 1. The number of carbonyl (C=O) groups excluding carboxylic acids is 1. The van der Waals surface area contributed by atoms with Crippen LogP contribution in [0.15, 0.2) is 24.4 Å². The summed E-state index contributed by atoms with van der Waals surface area (Å²) in [7, 11) is 0. The number of fused-ring (bicyclic) bond motifs is 1. The Bertz CT molecular complexity index is 748. The third kappa shape index (κ3) is 3.48. The Hall–Kier alpha value is -1.83. The van der Waals surface area contributed by atoms with Gasteiger partial charge in [-0.2, -0.15) is 0 Å². The first kappa shape index (κ1) is 17.0. The highest BCUT2D eigenvalue weighted by molar-refractivity contribution is 7.16. The summed E-state index contributed by atoms with van der Waals surface area (Å²) in [5, 5.41) is 3.67. The second kappa shape index (κ2) is 6.96. The Kier molecular flexibility index (Phi) is 4.93. The van der Waals surface area contributed by atoms with E-state index in [1.54, 1.807) is 6.20 Å². The largest absolute Gasteiger partial charge is 0.454 e. The highest BCUT2D eigenvalue weighted by Gasteiger charge is 2.28. The van der Waals surface area contributed by atoms with Crippen LogP contribution in [0.1, 0.15) is 22.5 Å². The summed E-state index contributed by atoms with van der Waals surface area (Å²) < 4.78 is 10.7. The number of nitrogens with two attached hydrogens (primary N) is 1. The standard InChI is InChI=1S/C16H17N3O3S.ClH/c17-11(9-1-2-9)6-18-15(20)14-7-19-16(23-14)10-3-4-12-13(5-10)22-8-21-12;/h3-5,7,9,11H,1-2,6,8,17H2,(H,18,20);1H. The molecule has 0 radical (unpaired) electrons. The van der Waals surface area contributed by atoms with Crippen LogP contribution in [0, 0.1) is 5.92 Å². The summed E-state index contributed by atoms with van der Waals surface area (Å²) in [4.78, 5) is 17.1. The first-order chi connectivity index (χ1) is 11.2. The van der Waals surface area contributed by atoms with Gasteiger partial charge in [0.05, 0.1) is 6.20 Å². The van der Waals surface area contributed by atoms with E-state index in [-0.39, 0.29) is 31.1 Å². The molecule has 6 nitrogen and oxygen atoms in total. The van der Waals surface area contributed by atoms with Gasteiger partial charge in [0.25, 0.3) is 5.91 Å². The van der Waals surface area contributed by atoms with Crippen LogP contribution in [0.25, 0.3) is 10.6 Å². The van der Waals surface area contributed by atoms with Crippen LogP contribution in [0.2, 0.25) is 0 Å². The molecule has 4 rings (SSSR count). The molecule has 1 atom stereocenters. The van der Waals surface area contributed by atoms with Crippen molar-refractivity contribution in [2.75, 3.05) is 13.3 Å². The van der Waals surface area contributed by atoms with E-state index in [2.05, 4.69) is 10.3 Å². The average molecular weight is 368 g/mol. The van der Waals surface area contributed by atoms with Crippen LogP contribution in [0.5, 0.6) is 11.5 Å². The predicted octanol–water partition coefficient (Wildman–Crippen LogP) is 2.43. The van der Waals surface area contributed by atoms with Crippen molar-refractivity contribution in [2.24, 2.45) is 11.7 Å². The zero-order valence-corrected chi connectivity index (χ0v) is 14.5. The van der Waals surface area contributed by atoms with Crippen molar-refractivity contribution in [2.45, 2.75) is 18.9 Å². The van der Waals surface area contributed by atoms with E-state index in [4.69, 9.17) is 15.2 Å². The zero-order valence-electron chi connectivity index (χ0n) is 12.9. The molecule has 1 amide bonds. The number of benzene rings is 1. The van der Waals surface area contributed by atoms with Gasteiger partial charge in [-0.05, 0) is 37.0 Å². The number of rotatable bonds is 5. The lowest BCUT2D eigenvalue weighted by Crippen LogP contribution is -2.38. The van der Waals surface area contributed by atoms with Crippen molar-refractivity contribution in [3.63, 3.8) is 0 Å². The Morgan fingerprint density at radius 2 is 2.17 bits per heavy atom. The minimum Gasteiger partial charge on any atom is -0.454 e. The third-order valence-corrected chi connectivity index (χ3v) is 5.12. The number of halogens is 1. The summed E-state index contributed by atoms with van der Waals surface area (Å²) >= 11 is 1.35. The molecule has 2 aliphatic rings. The molecule has 1 aliphatic heterocycles. The molecule has 2 aromatic rings. The molecular weight excluding hydrogens is 350 g/mol. The number of nitrogens with one attached hydrogen (secondary N) is 1. The summed E-state index contributed by atoms with van der Waals surface area (Å²) in [6.45, 7) is 0.756. The lowest BCUT2D eigenvalue weighted by atomic mass is 10.2. The van der Waals surface area contributed by atoms with Gasteiger partial charge in [-0.1, -0.05) is 0 Å². The molecule has 24 heavy (non-hydrogen) atoms. The first-order valence-corrected chi connectivity index (χ1v) is 8.42. The van der Waals surface area contributed by atoms with Crippen molar-refractivity contribution in [3.05, 3.63) is 29.3 Å². The predicted molar refractivity (Wildman–Crippen MR) is 94.0 cm³/mol. The smallest absolute Gasteiger partial charge is 0.263 e. The van der Waals surface area contributed by atoms with Crippen LogP contribution in [0.4, 0.5) is 0 Å². The third-order valence-electron chi connectivity index (χ3n) is 4.07. The molecule has 0 saturated heterocycles. The van der Waals surface area contributed by atoms with Crippen molar-refractivity contribution in [3.8, 4) is 22.1 Å². The van der Waals surface area contributed by atoms with E-state index in [9.17, 15) is 4.79 Å². The molecular formula is C16H18ClN3O3S. The minimum absolute atomic E-state index is 0. The highest BCUT2D eigenvalue weighted by atomic mass is 35.5. The summed E-state index contributed by atoms with van der Waals surface area (Å²) in [5.74, 6) is 1.89. The molecule has 1 aromatic carbocycles. The molecule has 1 aromatic heterocycles. The number of nitrogens with zero attached hydrogens (tertiary/aromatic N) is 1. The lowest BCUT2D eigenvalue weighted by Gasteiger charge is -2.10. The molecule has 8 heteroatoms. The van der Waals surface area contributed by atoms with Crippen molar-refractivity contribution in [1.82, 2.24) is 10.3 Å². The molecule has 1 aliphatic carbocycles. The molecule has 3 N–H and O–H groups in total. The molecule has 128 valence electrons. The zero-order chi connectivity index (χ0) is 15.8. The highest BCUT2D eigenvalue weighted by Crippen LogP contribution is 2.37. The van der Waals surface area contributed by atoms with Gasteiger partial charge in [0, 0.05) is 18.2 Å². The summed E-state index contributed by atoms with van der Waals surface area (Å²) in [5.41, 5.74) is 6.91. The van der Waals surface area contributed by atoms with E-state index in [1.807, 2.05) is 18.2 Å². The van der Waals surface area contributed by atoms with Gasteiger partial charge in [-0.15, -0.1) is 23.7 Å². The van der Waals surface area contributed by atoms with E-state index in [1.165, 1.54) is 24.2 Å². The van der Waals surface area contributed by atoms with Crippen LogP contribution < -0.4 is 20.5 Å². The topological polar surface area (TPSA) is 86.5 Å². The van der Waals surface area contributed by atoms with E-state index in [0.29, 0.717) is 23.1 Å². The molecule has 1 fully saturated rings. The van der Waals surface area contributed by atoms with Crippen molar-refractivity contribution in [1.29, 1.82) is 0 Å². The van der Waals surface area contributed by atoms with Gasteiger partial charge in [0.15, 0.2) is 11.5 Å². The Labute approximate surface area is 149 Å². The fourth-order valence-electron chi connectivity index (χ4n) is 2.53. The van der Waals surface area contributed by atoms with Gasteiger partial charge in [0.1, 0.15) is 9.88 Å². The molecule has 1 saturated carbocycles. The van der Waals surface area contributed by atoms with E-state index < -0.39 is 0 Å². The summed E-state index contributed by atoms with van der Waals surface area (Å²) in [6.07, 6.45) is 3.94. The maximum atomic E-state index is 12.2. The molecule has 0 spiro atoms. The Balaban J connectivity index is 0.00000169. The SMILES string of the molecule is Cl.NC(CNC(=O)c1cnc(-c2ccc3c(c2)OCO3)s1)C1CC1. The number of aromatic nitrogens is 1. The number of amides is 1. The van der Waals surface area contributed by atoms with Crippen LogP contribution in [-0.2, 0) is 0 Å². The van der Waals surface area contributed by atoms with Gasteiger partial charge < -0.3 is 20.5 Å². The number of hydrogen-bond donors (Lipinski definition) is 2. The minimum atomic E-state index is -0.120. The van der Waals surface area contributed by atoms with E-state index >= 15 is 0 Å². The van der Waals surface area contributed by atoms with Crippen LogP contribution >= 0.6 is 23.7 Å². The summed E-state index contributed by atoms with van der Waals surface area (Å²) in [6, 6.07) is 5.70. The van der Waals surface area contributed by atoms with Gasteiger partial charge in [-0.25, -0.2) is 4.98 Å². The van der Waals surface area contributed by atoms with Crippen molar-refractivity contribution < 1.29 is 14.3 Å². The molecule has 0 bridgehead atoms. The monoisotopic (exact) mass is 367 g/mol. The van der Waals surface area contributed by atoms with Gasteiger partial charge in [-0.3, -0.25) is 4.79 Å². The maximum absolute atomic E-state index is 12.2. The van der Waals surface area contributed by atoms with Crippen molar-refractivity contribution >= 4 is 29.7 Å². The Morgan fingerprint density at radius 3 is 2.96 bits per heavy atom. The second-order valence-corrected chi connectivity index (χ2v) is 6.84. The van der Waals surface area contributed by atoms with Crippen LogP contribution in [0.3, 0.4) is 0 Å². The van der Waals surface area contributed by atoms with E-state index in [0.717, 1.165) is 16.3 Å². The number of ether oxygens (including phenoxy) is 2.